The van der Waals surface area contributed by atoms with Gasteiger partial charge in [-0.15, -0.1) is 6.58 Å². The van der Waals surface area contributed by atoms with Gasteiger partial charge in [0, 0.05) is 64.8 Å². The maximum atomic E-state index is 12.5. The third-order valence-corrected chi connectivity index (χ3v) is 8.80. The first kappa shape index (κ1) is 34.1. The van der Waals surface area contributed by atoms with E-state index in [1.165, 1.54) is 0 Å². The van der Waals surface area contributed by atoms with Gasteiger partial charge in [-0.25, -0.2) is 8.42 Å². The average molecular weight is 579 g/mol. The zero-order valence-corrected chi connectivity index (χ0v) is 26.2. The second-order valence-electron chi connectivity index (χ2n) is 11.4. The molecule has 3 heterocycles. The number of rotatable bonds is 10. The molecule has 2 saturated heterocycles. The Balaban J connectivity index is 0.000000285. The number of morpholine rings is 1. The number of amides is 1. The Morgan fingerprint density at radius 2 is 1.90 bits per heavy atom. The summed E-state index contributed by atoms with van der Waals surface area (Å²) < 4.78 is 37.1. The van der Waals surface area contributed by atoms with Crippen molar-refractivity contribution in [2.24, 2.45) is 10.9 Å². The Morgan fingerprint density at radius 1 is 1.20 bits per heavy atom. The summed E-state index contributed by atoms with van der Waals surface area (Å²) in [7, 11) is -1.74. The Kier molecular flexibility index (Phi) is 13.9. The highest BCUT2D eigenvalue weighted by Crippen LogP contribution is 2.20. The number of piperazine rings is 1. The summed E-state index contributed by atoms with van der Waals surface area (Å²) in [6, 6.07) is 0. The van der Waals surface area contributed by atoms with Crippen LogP contribution in [0, 0.1) is 5.92 Å². The van der Waals surface area contributed by atoms with E-state index >= 15 is 0 Å². The van der Waals surface area contributed by atoms with Crippen molar-refractivity contribution in [1.82, 2.24) is 14.1 Å². The third-order valence-electron chi connectivity index (χ3n) is 6.88. The SMILES string of the molecule is C=CC(C)/C=C(C)\C=C(\C)CS(=O)(=O)N1CCOC(C)(C)C1.COCC(=O)N1CCN(CC2=CCCC=N2)CC1. The lowest BCUT2D eigenvalue weighted by molar-refractivity contribution is -0.136. The summed E-state index contributed by atoms with van der Waals surface area (Å²) in [4.78, 5) is 20.3. The van der Waals surface area contributed by atoms with E-state index in [-0.39, 0.29) is 24.2 Å². The highest BCUT2D eigenvalue weighted by atomic mass is 32.2. The van der Waals surface area contributed by atoms with Crippen LogP contribution in [-0.2, 0) is 24.3 Å². The molecule has 1 amide bonds. The Morgan fingerprint density at radius 3 is 2.48 bits per heavy atom. The van der Waals surface area contributed by atoms with Crippen LogP contribution >= 0.6 is 0 Å². The van der Waals surface area contributed by atoms with Crippen molar-refractivity contribution in [2.45, 2.75) is 53.1 Å². The maximum absolute atomic E-state index is 12.5. The zero-order valence-electron chi connectivity index (χ0n) is 25.4. The van der Waals surface area contributed by atoms with E-state index in [0.29, 0.717) is 19.7 Å². The number of ether oxygens (including phenoxy) is 2. The predicted molar refractivity (Wildman–Crippen MR) is 163 cm³/mol. The first-order valence-electron chi connectivity index (χ1n) is 14.2. The lowest BCUT2D eigenvalue weighted by Crippen LogP contribution is -2.51. The van der Waals surface area contributed by atoms with E-state index in [1.54, 1.807) is 11.4 Å². The number of aliphatic imine (C=N–C) groups is 1. The summed E-state index contributed by atoms with van der Waals surface area (Å²) in [5, 5.41) is 0. The summed E-state index contributed by atoms with van der Waals surface area (Å²) in [5.41, 5.74) is 2.65. The standard InChI is InChI=1S/C17H29NO3S.C13H21N3O2/c1-7-14(2)10-15(3)11-16(4)12-22(19,20)18-8-9-21-17(5,6)13-18;1-18-11-13(17)16-8-6-15(7-9-16)10-12-4-2-3-5-14-12/h7,10-11,14H,1,8-9,12-13H2,2-6H3;4-5H,2-3,6-11H2,1H3/b15-10-,16-11-;. The van der Waals surface area contributed by atoms with Gasteiger partial charge in [-0.3, -0.25) is 14.7 Å². The molecule has 0 radical (unpaired) electrons. The van der Waals surface area contributed by atoms with Crippen LogP contribution < -0.4 is 0 Å². The van der Waals surface area contributed by atoms with Gasteiger partial charge in [0.1, 0.15) is 6.61 Å². The first-order chi connectivity index (χ1) is 18.8. The molecule has 3 rings (SSSR count). The van der Waals surface area contributed by atoms with E-state index in [1.807, 2.05) is 57.9 Å². The number of methoxy groups -OCH3 is 1. The highest BCUT2D eigenvalue weighted by molar-refractivity contribution is 7.89. The minimum atomic E-state index is -3.30. The molecule has 1 atom stereocenters. The van der Waals surface area contributed by atoms with E-state index in [2.05, 4.69) is 28.6 Å². The quantitative estimate of drug-likeness (QED) is 0.290. The largest absolute Gasteiger partial charge is 0.375 e. The van der Waals surface area contributed by atoms with E-state index in [4.69, 9.17) is 9.47 Å². The van der Waals surface area contributed by atoms with Crippen molar-refractivity contribution in [3.05, 3.63) is 47.7 Å². The van der Waals surface area contributed by atoms with Gasteiger partial charge >= 0.3 is 0 Å². The molecule has 0 aromatic carbocycles. The molecule has 0 spiro atoms. The van der Waals surface area contributed by atoms with Gasteiger partial charge in [-0.1, -0.05) is 42.4 Å². The molecule has 0 saturated carbocycles. The maximum Gasteiger partial charge on any atom is 0.248 e. The van der Waals surface area contributed by atoms with Gasteiger partial charge in [0.25, 0.3) is 0 Å². The van der Waals surface area contributed by atoms with Crippen molar-refractivity contribution in [3.63, 3.8) is 0 Å². The fourth-order valence-corrected chi connectivity index (χ4v) is 6.52. The smallest absolute Gasteiger partial charge is 0.248 e. The molecule has 10 heteroatoms. The van der Waals surface area contributed by atoms with Crippen LogP contribution in [0.15, 0.2) is 52.7 Å². The van der Waals surface area contributed by atoms with Crippen LogP contribution in [-0.4, -0.2) is 112 Å². The van der Waals surface area contributed by atoms with Crippen molar-refractivity contribution >= 4 is 22.1 Å². The number of sulfonamides is 1. The van der Waals surface area contributed by atoms with Crippen LogP contribution in [0.2, 0.25) is 0 Å². The number of hydrogen-bond acceptors (Lipinski definition) is 7. The Labute approximate surface area is 242 Å². The number of carbonyl (C=O) groups excluding carboxylic acids is 1. The Hall–Kier alpha value is -2.11. The molecule has 9 nitrogen and oxygen atoms in total. The fourth-order valence-electron chi connectivity index (χ4n) is 4.81. The molecule has 0 aromatic rings. The monoisotopic (exact) mass is 578 g/mol. The summed E-state index contributed by atoms with van der Waals surface area (Å²) in [5.74, 6) is 0.421. The molecule has 40 heavy (non-hydrogen) atoms. The number of hydrogen-bond donors (Lipinski definition) is 0. The molecule has 1 unspecified atom stereocenters. The molecule has 0 aliphatic carbocycles. The predicted octanol–water partition coefficient (Wildman–Crippen LogP) is 3.67. The van der Waals surface area contributed by atoms with Crippen LogP contribution in [0.25, 0.3) is 0 Å². The number of carbonyl (C=O) groups is 1. The van der Waals surface area contributed by atoms with Crippen LogP contribution in [0.5, 0.6) is 0 Å². The topological polar surface area (TPSA) is 91.7 Å². The van der Waals surface area contributed by atoms with E-state index in [0.717, 1.165) is 62.4 Å². The molecule has 3 aliphatic heterocycles. The number of allylic oxidation sites excluding steroid dienone is 5. The molecular formula is C30H50N4O5S. The normalized spacial score (nSPS) is 21.8. The summed E-state index contributed by atoms with van der Waals surface area (Å²) in [6.07, 6.45) is 12.2. The van der Waals surface area contributed by atoms with Gasteiger partial charge in [-0.05, 0) is 46.5 Å². The van der Waals surface area contributed by atoms with Crippen LogP contribution in [0.3, 0.4) is 0 Å². The summed E-state index contributed by atoms with van der Waals surface area (Å²) >= 11 is 0. The van der Waals surface area contributed by atoms with Gasteiger partial charge in [-0.2, -0.15) is 4.31 Å². The molecule has 2 fully saturated rings. The van der Waals surface area contributed by atoms with Crippen LogP contribution in [0.4, 0.5) is 0 Å². The van der Waals surface area contributed by atoms with E-state index < -0.39 is 15.6 Å². The van der Waals surface area contributed by atoms with Crippen molar-refractivity contribution in [1.29, 1.82) is 0 Å². The van der Waals surface area contributed by atoms with Crippen molar-refractivity contribution in [3.8, 4) is 0 Å². The van der Waals surface area contributed by atoms with Crippen molar-refractivity contribution < 1.29 is 22.7 Å². The zero-order chi connectivity index (χ0) is 29.8. The highest BCUT2D eigenvalue weighted by Gasteiger charge is 2.33. The average Bonchev–Trinajstić information content (AvgIpc) is 2.89. The van der Waals surface area contributed by atoms with Gasteiger partial charge in [0.05, 0.1) is 18.0 Å². The minimum Gasteiger partial charge on any atom is -0.375 e. The molecule has 0 aromatic heterocycles. The van der Waals surface area contributed by atoms with Gasteiger partial charge in [0.2, 0.25) is 15.9 Å². The molecule has 0 N–H and O–H groups in total. The molecule has 226 valence electrons. The third kappa shape index (κ3) is 12.2. The fraction of sp³-hybridized carbons (Fsp3) is 0.667. The second-order valence-corrected chi connectivity index (χ2v) is 13.3. The Bertz CT molecular complexity index is 1070. The summed E-state index contributed by atoms with van der Waals surface area (Å²) in [6.45, 7) is 19.3. The molecule has 0 bridgehead atoms. The van der Waals surface area contributed by atoms with E-state index in [9.17, 15) is 13.2 Å². The molecule has 3 aliphatic rings. The lowest BCUT2D eigenvalue weighted by Gasteiger charge is -2.37. The first-order valence-corrected chi connectivity index (χ1v) is 15.8. The van der Waals surface area contributed by atoms with Gasteiger partial charge < -0.3 is 14.4 Å². The lowest BCUT2D eigenvalue weighted by atomic mass is 10.1. The molecular weight excluding hydrogens is 528 g/mol. The van der Waals surface area contributed by atoms with Gasteiger partial charge in [0.15, 0.2) is 0 Å². The van der Waals surface area contributed by atoms with Crippen LogP contribution in [0.1, 0.15) is 47.5 Å². The number of nitrogens with zero attached hydrogens (tertiary/aromatic N) is 4. The minimum absolute atomic E-state index is 0.0523. The van der Waals surface area contributed by atoms with Crippen molar-refractivity contribution in [2.75, 3.05) is 71.9 Å². The second kappa shape index (κ2) is 16.4.